The van der Waals surface area contributed by atoms with Crippen molar-refractivity contribution in [2.45, 2.75) is 0 Å². The standard InChI is InChI=1S/C22H18N4O5/c1-25-10-13(15-4-2-3-5-17(15)25)8-16-21(28)26(22(29)24-16)11-20(27)23-14-6-7-18-19(9-14)31-12-30-18/h2-10H,11-12H2,1H3,(H,23,27)(H,24,29)/b16-8+. The molecule has 2 aliphatic heterocycles. The van der Waals surface area contributed by atoms with E-state index in [1.807, 2.05) is 42.1 Å². The van der Waals surface area contributed by atoms with Crippen molar-refractivity contribution >= 4 is 40.5 Å². The minimum absolute atomic E-state index is 0.122. The number of aryl methyl sites for hydroxylation is 1. The van der Waals surface area contributed by atoms with Gasteiger partial charge in [-0.1, -0.05) is 18.2 Å². The van der Waals surface area contributed by atoms with E-state index >= 15 is 0 Å². The first-order valence-electron chi connectivity index (χ1n) is 9.58. The van der Waals surface area contributed by atoms with Gasteiger partial charge in [-0.3, -0.25) is 9.59 Å². The summed E-state index contributed by atoms with van der Waals surface area (Å²) in [5.41, 5.74) is 2.41. The molecule has 0 radical (unpaired) electrons. The molecular weight excluding hydrogens is 400 g/mol. The number of carbonyl (C=O) groups is 3. The second-order valence-corrected chi connectivity index (χ2v) is 7.21. The summed E-state index contributed by atoms with van der Waals surface area (Å²) in [4.78, 5) is 38.4. The highest BCUT2D eigenvalue weighted by molar-refractivity contribution is 6.16. The quantitative estimate of drug-likeness (QED) is 0.501. The van der Waals surface area contributed by atoms with E-state index < -0.39 is 24.4 Å². The van der Waals surface area contributed by atoms with Crippen molar-refractivity contribution in [1.82, 2.24) is 14.8 Å². The lowest BCUT2D eigenvalue weighted by molar-refractivity contribution is -0.127. The maximum atomic E-state index is 12.8. The van der Waals surface area contributed by atoms with Gasteiger partial charge in [0, 0.05) is 41.5 Å². The Labute approximate surface area is 176 Å². The number of hydrogen-bond donors (Lipinski definition) is 2. The van der Waals surface area contributed by atoms with Gasteiger partial charge >= 0.3 is 6.03 Å². The van der Waals surface area contributed by atoms with Crippen LogP contribution in [0, 0.1) is 0 Å². The number of para-hydroxylation sites is 1. The first kappa shape index (κ1) is 18.7. The number of fused-ring (bicyclic) bond motifs is 2. The Bertz CT molecular complexity index is 1280. The third-order valence-corrected chi connectivity index (χ3v) is 5.15. The van der Waals surface area contributed by atoms with Crippen molar-refractivity contribution < 1.29 is 23.9 Å². The van der Waals surface area contributed by atoms with E-state index in [4.69, 9.17) is 9.47 Å². The number of nitrogens with zero attached hydrogens (tertiary/aromatic N) is 2. The number of amides is 4. The number of anilines is 1. The van der Waals surface area contributed by atoms with E-state index in [0.29, 0.717) is 17.2 Å². The Morgan fingerprint density at radius 2 is 1.97 bits per heavy atom. The largest absolute Gasteiger partial charge is 0.454 e. The summed E-state index contributed by atoms with van der Waals surface area (Å²) in [6.45, 7) is -0.285. The second kappa shape index (κ2) is 7.21. The lowest BCUT2D eigenvalue weighted by atomic mass is 10.1. The van der Waals surface area contributed by atoms with Crippen LogP contribution in [0.15, 0.2) is 54.4 Å². The monoisotopic (exact) mass is 418 g/mol. The van der Waals surface area contributed by atoms with Crippen LogP contribution in [0.2, 0.25) is 0 Å². The molecule has 4 amide bonds. The van der Waals surface area contributed by atoms with Crippen LogP contribution in [-0.2, 0) is 16.6 Å². The maximum Gasteiger partial charge on any atom is 0.329 e. The Morgan fingerprint density at radius 3 is 2.84 bits per heavy atom. The molecule has 5 rings (SSSR count). The molecule has 1 fully saturated rings. The lowest BCUT2D eigenvalue weighted by Gasteiger charge is -2.12. The van der Waals surface area contributed by atoms with E-state index in [1.54, 1.807) is 24.3 Å². The molecule has 2 aromatic carbocycles. The Kier molecular flexibility index (Phi) is 4.36. The number of nitrogens with one attached hydrogen (secondary N) is 2. The molecule has 31 heavy (non-hydrogen) atoms. The van der Waals surface area contributed by atoms with Crippen LogP contribution in [0.25, 0.3) is 17.0 Å². The van der Waals surface area contributed by atoms with Crippen LogP contribution < -0.4 is 20.1 Å². The smallest absolute Gasteiger partial charge is 0.329 e. The number of aromatic nitrogens is 1. The number of imide groups is 1. The Hall–Kier alpha value is -4.27. The van der Waals surface area contributed by atoms with Gasteiger partial charge in [-0.2, -0.15) is 0 Å². The lowest BCUT2D eigenvalue weighted by Crippen LogP contribution is -2.38. The number of carbonyl (C=O) groups excluding carboxylic acids is 3. The van der Waals surface area contributed by atoms with Gasteiger partial charge in [-0.05, 0) is 24.3 Å². The van der Waals surface area contributed by atoms with Gasteiger partial charge in [0.25, 0.3) is 5.91 Å². The average molecular weight is 418 g/mol. The molecule has 0 saturated carbocycles. The van der Waals surface area contributed by atoms with Gasteiger partial charge in [0.2, 0.25) is 12.7 Å². The van der Waals surface area contributed by atoms with Gasteiger partial charge in [0.15, 0.2) is 11.5 Å². The molecule has 9 nitrogen and oxygen atoms in total. The summed E-state index contributed by atoms with van der Waals surface area (Å²) < 4.78 is 12.5. The predicted molar refractivity (Wildman–Crippen MR) is 112 cm³/mol. The van der Waals surface area contributed by atoms with Gasteiger partial charge < -0.3 is 24.7 Å². The molecule has 0 aliphatic carbocycles. The predicted octanol–water partition coefficient (Wildman–Crippen LogP) is 2.44. The van der Waals surface area contributed by atoms with Crippen molar-refractivity contribution in [2.75, 3.05) is 18.7 Å². The molecule has 0 spiro atoms. The summed E-state index contributed by atoms with van der Waals surface area (Å²) in [5.74, 6) is 0.0518. The van der Waals surface area contributed by atoms with Crippen molar-refractivity contribution in [3.63, 3.8) is 0 Å². The number of rotatable bonds is 4. The summed E-state index contributed by atoms with van der Waals surface area (Å²) in [6, 6.07) is 12.1. The van der Waals surface area contributed by atoms with E-state index in [1.165, 1.54) is 0 Å². The highest BCUT2D eigenvalue weighted by atomic mass is 16.7. The Morgan fingerprint density at radius 1 is 1.16 bits per heavy atom. The molecule has 0 atom stereocenters. The summed E-state index contributed by atoms with van der Waals surface area (Å²) in [6.07, 6.45) is 3.50. The van der Waals surface area contributed by atoms with Crippen LogP contribution in [0.3, 0.4) is 0 Å². The third-order valence-electron chi connectivity index (χ3n) is 5.15. The molecule has 9 heteroatoms. The Balaban J connectivity index is 1.32. The van der Waals surface area contributed by atoms with E-state index in [9.17, 15) is 14.4 Å². The highest BCUT2D eigenvalue weighted by Gasteiger charge is 2.35. The number of hydrogen-bond acceptors (Lipinski definition) is 5. The van der Waals surface area contributed by atoms with Gasteiger partial charge in [0.05, 0.1) is 0 Å². The normalized spacial score (nSPS) is 16.3. The minimum Gasteiger partial charge on any atom is -0.454 e. The SMILES string of the molecule is Cn1cc(/C=C2/NC(=O)N(CC(=O)Nc3ccc4c(c3)OCO4)C2=O)c2ccccc21. The van der Waals surface area contributed by atoms with Crippen LogP contribution in [0.5, 0.6) is 11.5 Å². The number of urea groups is 1. The molecule has 1 aromatic heterocycles. The number of benzene rings is 2. The average Bonchev–Trinajstić information content (AvgIpc) is 3.42. The van der Waals surface area contributed by atoms with Gasteiger partial charge in [-0.25, -0.2) is 9.69 Å². The summed E-state index contributed by atoms with van der Waals surface area (Å²) in [5, 5.41) is 6.17. The van der Waals surface area contributed by atoms with Crippen LogP contribution in [-0.4, -0.2) is 40.7 Å². The van der Waals surface area contributed by atoms with E-state index in [0.717, 1.165) is 21.4 Å². The molecule has 3 heterocycles. The molecule has 3 aromatic rings. The van der Waals surface area contributed by atoms with Crippen molar-refractivity contribution in [3.05, 3.63) is 59.9 Å². The molecule has 1 saturated heterocycles. The maximum absolute atomic E-state index is 12.8. The first-order valence-corrected chi connectivity index (χ1v) is 9.58. The van der Waals surface area contributed by atoms with Crippen molar-refractivity contribution in [3.8, 4) is 11.5 Å². The fourth-order valence-electron chi connectivity index (χ4n) is 3.68. The van der Waals surface area contributed by atoms with Crippen LogP contribution in [0.4, 0.5) is 10.5 Å². The minimum atomic E-state index is -0.641. The van der Waals surface area contributed by atoms with Gasteiger partial charge in [-0.15, -0.1) is 0 Å². The summed E-state index contributed by atoms with van der Waals surface area (Å²) in [7, 11) is 1.91. The van der Waals surface area contributed by atoms with E-state index in [2.05, 4.69) is 10.6 Å². The fourth-order valence-corrected chi connectivity index (χ4v) is 3.68. The highest BCUT2D eigenvalue weighted by Crippen LogP contribution is 2.34. The molecule has 2 aliphatic rings. The van der Waals surface area contributed by atoms with Crippen molar-refractivity contribution in [1.29, 1.82) is 0 Å². The van der Waals surface area contributed by atoms with Gasteiger partial charge in [0.1, 0.15) is 12.2 Å². The zero-order valence-corrected chi connectivity index (χ0v) is 16.5. The molecule has 0 unspecified atom stereocenters. The van der Waals surface area contributed by atoms with E-state index in [-0.39, 0.29) is 12.5 Å². The van der Waals surface area contributed by atoms with Crippen LogP contribution >= 0.6 is 0 Å². The van der Waals surface area contributed by atoms with Crippen molar-refractivity contribution in [2.24, 2.45) is 7.05 Å². The summed E-state index contributed by atoms with van der Waals surface area (Å²) >= 11 is 0. The molecular formula is C22H18N4O5. The molecule has 156 valence electrons. The zero-order chi connectivity index (χ0) is 21.5. The molecule has 0 bridgehead atoms. The number of ether oxygens (including phenoxy) is 2. The van der Waals surface area contributed by atoms with Crippen LogP contribution in [0.1, 0.15) is 5.56 Å². The zero-order valence-electron chi connectivity index (χ0n) is 16.5. The fraction of sp³-hybridized carbons (Fsp3) is 0.136. The topological polar surface area (TPSA) is 102 Å². The first-order chi connectivity index (χ1) is 15.0. The second-order valence-electron chi connectivity index (χ2n) is 7.21. The third kappa shape index (κ3) is 3.35. The molecule has 2 N–H and O–H groups in total.